The zero-order valence-electron chi connectivity index (χ0n) is 11.6. The van der Waals surface area contributed by atoms with Crippen LogP contribution in [-0.2, 0) is 25.7 Å². The Morgan fingerprint density at radius 3 is 0.944 bits per heavy atom. The molecule has 0 unspecified atom stereocenters. The summed E-state index contributed by atoms with van der Waals surface area (Å²) in [6.45, 7) is 9.19. The van der Waals surface area contributed by atoms with Crippen LogP contribution in [0.5, 0.6) is 0 Å². The van der Waals surface area contributed by atoms with Crippen LogP contribution in [0.25, 0.3) is 0 Å². The molecule has 18 heavy (non-hydrogen) atoms. The van der Waals surface area contributed by atoms with E-state index < -0.39 is 0 Å². The van der Waals surface area contributed by atoms with Gasteiger partial charge in [0.1, 0.15) is 0 Å². The lowest BCUT2D eigenvalue weighted by molar-refractivity contribution is 0.837. The van der Waals surface area contributed by atoms with Crippen molar-refractivity contribution in [3.63, 3.8) is 0 Å². The summed E-state index contributed by atoms with van der Waals surface area (Å²) in [5, 5.41) is 0. The van der Waals surface area contributed by atoms with Crippen LogP contribution in [0.15, 0.2) is 0 Å². The lowest BCUT2D eigenvalue weighted by Crippen LogP contribution is -2.06. The molecule has 0 aliphatic heterocycles. The smallest absolute Gasteiger partial charge is 0.00520 e. The van der Waals surface area contributed by atoms with E-state index in [1.54, 1.807) is 41.8 Å². The third kappa shape index (κ3) is 1.86. The van der Waals surface area contributed by atoms with Gasteiger partial charge in [0.05, 0.1) is 0 Å². The molecule has 1 aliphatic carbocycles. The van der Waals surface area contributed by atoms with Crippen molar-refractivity contribution in [3.05, 3.63) is 41.8 Å². The zero-order chi connectivity index (χ0) is 12.9. The van der Waals surface area contributed by atoms with Gasteiger partial charge in [-0.2, -0.15) is 0 Å². The first-order valence-corrected chi connectivity index (χ1v) is 8.36. The second-order valence-electron chi connectivity index (χ2n) is 5.34. The highest BCUT2D eigenvalue weighted by Crippen LogP contribution is 2.36. The maximum Gasteiger partial charge on any atom is 0.00520 e. The Hall–Kier alpha value is -0.600. The molecule has 0 atom stereocenters. The predicted octanol–water partition coefficient (Wildman–Crippen LogP) is 4.93. The maximum atomic E-state index is 2.30. The van der Waals surface area contributed by atoms with Gasteiger partial charge in [0.15, 0.2) is 0 Å². The average molecular weight is 276 g/mol. The molecule has 0 amide bonds. The number of hydrogen-bond acceptors (Lipinski definition) is 2. The van der Waals surface area contributed by atoms with E-state index in [9.17, 15) is 0 Å². The van der Waals surface area contributed by atoms with E-state index in [0.29, 0.717) is 0 Å². The summed E-state index contributed by atoms with van der Waals surface area (Å²) in [5.74, 6) is 0. The third-order valence-corrected chi connectivity index (χ3v) is 6.50. The third-order valence-electron chi connectivity index (χ3n) is 4.29. The van der Waals surface area contributed by atoms with Gasteiger partial charge in [-0.25, -0.2) is 0 Å². The van der Waals surface area contributed by atoms with Gasteiger partial charge in [0.2, 0.25) is 0 Å². The van der Waals surface area contributed by atoms with Crippen molar-refractivity contribution in [2.45, 2.75) is 53.4 Å². The topological polar surface area (TPSA) is 0 Å². The lowest BCUT2D eigenvalue weighted by atomic mass is 9.90. The van der Waals surface area contributed by atoms with Crippen molar-refractivity contribution in [1.82, 2.24) is 0 Å². The van der Waals surface area contributed by atoms with E-state index in [4.69, 9.17) is 0 Å². The average Bonchev–Trinajstić information content (AvgIpc) is 2.65. The molecule has 0 saturated carbocycles. The number of hydrogen-bond donors (Lipinski definition) is 0. The van der Waals surface area contributed by atoms with E-state index >= 15 is 0 Å². The lowest BCUT2D eigenvalue weighted by Gasteiger charge is -2.14. The fourth-order valence-corrected chi connectivity index (χ4v) is 5.68. The molecule has 0 aromatic carbocycles. The predicted molar refractivity (Wildman–Crippen MR) is 82.4 cm³/mol. The molecule has 0 radical (unpaired) electrons. The molecule has 2 aromatic heterocycles. The molecule has 96 valence electrons. The Balaban J connectivity index is 2.04. The van der Waals surface area contributed by atoms with Gasteiger partial charge >= 0.3 is 0 Å². The van der Waals surface area contributed by atoms with Gasteiger partial charge in [-0.05, 0) is 75.6 Å². The minimum Gasteiger partial charge on any atom is -0.145 e. The summed E-state index contributed by atoms with van der Waals surface area (Å²) in [6, 6.07) is 0. The molecule has 0 fully saturated rings. The summed E-state index contributed by atoms with van der Waals surface area (Å²) < 4.78 is 0. The Kier molecular flexibility index (Phi) is 3.11. The first kappa shape index (κ1) is 12.4. The Bertz CT molecular complexity index is 496. The van der Waals surface area contributed by atoms with E-state index in [-0.39, 0.29) is 0 Å². The molecule has 0 saturated heterocycles. The van der Waals surface area contributed by atoms with E-state index in [2.05, 4.69) is 27.7 Å². The Morgan fingerprint density at radius 1 is 0.500 bits per heavy atom. The van der Waals surface area contributed by atoms with Crippen LogP contribution >= 0.6 is 22.7 Å². The van der Waals surface area contributed by atoms with Crippen molar-refractivity contribution >= 4 is 22.7 Å². The first-order valence-electron chi connectivity index (χ1n) is 6.73. The summed E-state index contributed by atoms with van der Waals surface area (Å²) in [4.78, 5) is 6.21. The molecule has 0 N–H and O–H groups in total. The quantitative estimate of drug-likeness (QED) is 0.640. The number of rotatable bonds is 0. The minimum atomic E-state index is 1.25. The van der Waals surface area contributed by atoms with Crippen LogP contribution in [0.2, 0.25) is 0 Å². The van der Waals surface area contributed by atoms with E-state index in [0.717, 1.165) is 0 Å². The highest BCUT2D eigenvalue weighted by Gasteiger charge is 2.20. The molecule has 0 spiro atoms. The van der Waals surface area contributed by atoms with Crippen LogP contribution in [0.1, 0.15) is 41.8 Å². The molecule has 3 rings (SSSR count). The van der Waals surface area contributed by atoms with Crippen molar-refractivity contribution < 1.29 is 0 Å². The largest absolute Gasteiger partial charge is 0.145 e. The number of thiophene rings is 2. The molecule has 0 nitrogen and oxygen atoms in total. The Labute approximate surface area is 118 Å². The summed E-state index contributed by atoms with van der Waals surface area (Å²) >= 11 is 3.99. The van der Waals surface area contributed by atoms with Crippen molar-refractivity contribution in [2.24, 2.45) is 0 Å². The van der Waals surface area contributed by atoms with E-state index in [1.807, 2.05) is 22.7 Å². The standard InChI is InChI=1S/C16H20S2/c1-9-13-5-6-15-11(3)18-12(4)16(15)8-7-14(13)10(2)17-9/h5-8H2,1-4H3. The van der Waals surface area contributed by atoms with Gasteiger partial charge in [-0.15, -0.1) is 22.7 Å². The molecular formula is C16H20S2. The maximum absolute atomic E-state index is 2.30. The monoisotopic (exact) mass is 276 g/mol. The van der Waals surface area contributed by atoms with Crippen molar-refractivity contribution in [3.8, 4) is 0 Å². The van der Waals surface area contributed by atoms with Gasteiger partial charge < -0.3 is 0 Å². The fourth-order valence-electron chi connectivity index (χ4n) is 3.36. The van der Waals surface area contributed by atoms with Crippen LogP contribution in [0, 0.1) is 27.7 Å². The van der Waals surface area contributed by atoms with Crippen LogP contribution in [-0.4, -0.2) is 0 Å². The Morgan fingerprint density at radius 2 is 0.722 bits per heavy atom. The molecule has 2 aromatic rings. The van der Waals surface area contributed by atoms with Gasteiger partial charge in [-0.3, -0.25) is 0 Å². The van der Waals surface area contributed by atoms with Gasteiger partial charge in [-0.1, -0.05) is 0 Å². The number of aryl methyl sites for hydroxylation is 4. The van der Waals surface area contributed by atoms with E-state index in [1.165, 1.54) is 25.7 Å². The minimum absolute atomic E-state index is 1.25. The first-order chi connectivity index (χ1) is 8.58. The van der Waals surface area contributed by atoms with Crippen LogP contribution < -0.4 is 0 Å². The summed E-state index contributed by atoms with van der Waals surface area (Å²) in [6.07, 6.45) is 4.98. The van der Waals surface area contributed by atoms with Crippen LogP contribution in [0.3, 0.4) is 0 Å². The van der Waals surface area contributed by atoms with Gasteiger partial charge in [0.25, 0.3) is 0 Å². The summed E-state index contributed by atoms with van der Waals surface area (Å²) in [5.41, 5.74) is 6.63. The number of fused-ring (bicyclic) bond motifs is 2. The zero-order valence-corrected chi connectivity index (χ0v) is 13.3. The molecule has 0 bridgehead atoms. The van der Waals surface area contributed by atoms with Crippen molar-refractivity contribution in [2.75, 3.05) is 0 Å². The summed E-state index contributed by atoms with van der Waals surface area (Å²) in [7, 11) is 0. The SMILES string of the molecule is Cc1sc(C)c2c1CCc1c(C)sc(C)c1CC2. The second-order valence-corrected chi connectivity index (χ2v) is 8.20. The normalized spacial score (nSPS) is 14.9. The molecule has 1 aliphatic rings. The van der Waals surface area contributed by atoms with Gasteiger partial charge in [0, 0.05) is 19.5 Å². The molecule has 2 heteroatoms. The highest BCUT2D eigenvalue weighted by molar-refractivity contribution is 7.12. The van der Waals surface area contributed by atoms with Crippen molar-refractivity contribution in [1.29, 1.82) is 0 Å². The highest BCUT2D eigenvalue weighted by atomic mass is 32.1. The van der Waals surface area contributed by atoms with Crippen LogP contribution in [0.4, 0.5) is 0 Å². The fraction of sp³-hybridized carbons (Fsp3) is 0.500. The second kappa shape index (κ2) is 4.50. The molecule has 2 heterocycles. The molecular weight excluding hydrogens is 256 g/mol.